The highest BCUT2D eigenvalue weighted by Gasteiger charge is 2.42. The SMILES string of the molecule is CCN(CC1CCC1)C(CN)C(F)(F)F. The van der Waals surface area contributed by atoms with Crippen LogP contribution in [0.2, 0.25) is 0 Å². The van der Waals surface area contributed by atoms with Gasteiger partial charge >= 0.3 is 6.18 Å². The summed E-state index contributed by atoms with van der Waals surface area (Å²) in [5.74, 6) is 0.446. The molecule has 1 atom stereocenters. The predicted octanol–water partition coefficient (Wildman–Crippen LogP) is 2.00. The molecule has 1 saturated carbocycles. The molecule has 1 fully saturated rings. The maximum absolute atomic E-state index is 12.6. The third-order valence-corrected chi connectivity index (χ3v) is 3.17. The van der Waals surface area contributed by atoms with Crippen LogP contribution in [0.25, 0.3) is 0 Å². The molecule has 0 amide bonds. The van der Waals surface area contributed by atoms with Crippen molar-refractivity contribution in [1.82, 2.24) is 4.90 Å². The van der Waals surface area contributed by atoms with Crippen molar-refractivity contribution in [1.29, 1.82) is 0 Å². The zero-order valence-corrected chi connectivity index (χ0v) is 9.06. The van der Waals surface area contributed by atoms with Crippen molar-refractivity contribution in [2.24, 2.45) is 11.7 Å². The molecule has 0 spiro atoms. The summed E-state index contributed by atoms with van der Waals surface area (Å²) in [6.45, 7) is 2.37. The molecule has 0 heterocycles. The number of hydrogen-bond acceptors (Lipinski definition) is 2. The van der Waals surface area contributed by atoms with Crippen molar-refractivity contribution >= 4 is 0 Å². The molecule has 1 aliphatic rings. The van der Waals surface area contributed by atoms with Gasteiger partial charge in [0.05, 0.1) is 0 Å². The Morgan fingerprint density at radius 1 is 1.40 bits per heavy atom. The topological polar surface area (TPSA) is 29.3 Å². The minimum atomic E-state index is -4.20. The van der Waals surface area contributed by atoms with E-state index in [0.717, 1.165) is 19.3 Å². The summed E-state index contributed by atoms with van der Waals surface area (Å²) in [5.41, 5.74) is 5.21. The fourth-order valence-electron chi connectivity index (χ4n) is 1.97. The van der Waals surface area contributed by atoms with E-state index in [4.69, 9.17) is 5.73 Å². The van der Waals surface area contributed by atoms with E-state index in [0.29, 0.717) is 19.0 Å². The Balaban J connectivity index is 2.52. The molecule has 90 valence electrons. The van der Waals surface area contributed by atoms with Gasteiger partial charge in [0.15, 0.2) is 0 Å². The molecule has 2 nitrogen and oxygen atoms in total. The first-order chi connectivity index (χ1) is 6.99. The van der Waals surface area contributed by atoms with Crippen LogP contribution in [0.3, 0.4) is 0 Å². The van der Waals surface area contributed by atoms with Crippen LogP contribution in [0, 0.1) is 5.92 Å². The second kappa shape index (κ2) is 5.16. The molecule has 1 aliphatic carbocycles. The highest BCUT2D eigenvalue weighted by molar-refractivity contribution is 4.82. The molecule has 1 rings (SSSR count). The summed E-state index contributed by atoms with van der Waals surface area (Å²) in [6, 6.07) is -1.47. The molecule has 15 heavy (non-hydrogen) atoms. The molecular formula is C10H19F3N2. The number of nitrogens with zero attached hydrogens (tertiary/aromatic N) is 1. The zero-order chi connectivity index (χ0) is 11.5. The van der Waals surface area contributed by atoms with Crippen LogP contribution >= 0.6 is 0 Å². The summed E-state index contributed by atoms with van der Waals surface area (Å²) in [4.78, 5) is 1.46. The van der Waals surface area contributed by atoms with Crippen LogP contribution in [-0.4, -0.2) is 36.8 Å². The first kappa shape index (κ1) is 12.8. The van der Waals surface area contributed by atoms with Crippen LogP contribution in [0.15, 0.2) is 0 Å². The standard InChI is InChI=1S/C10H19F3N2/c1-2-15(7-8-4-3-5-8)9(6-14)10(11,12)13/h8-9H,2-7,14H2,1H3. The van der Waals surface area contributed by atoms with Gasteiger partial charge in [-0.1, -0.05) is 13.3 Å². The molecule has 5 heteroatoms. The second-order valence-electron chi connectivity index (χ2n) is 4.18. The number of rotatable bonds is 5. The molecule has 0 bridgehead atoms. The van der Waals surface area contributed by atoms with Crippen LogP contribution < -0.4 is 5.73 Å². The molecule has 0 radical (unpaired) electrons. The summed E-state index contributed by atoms with van der Waals surface area (Å²) in [6.07, 6.45) is -0.923. The van der Waals surface area contributed by atoms with Crippen molar-refractivity contribution < 1.29 is 13.2 Å². The molecule has 0 aromatic rings. The average Bonchev–Trinajstić information content (AvgIpc) is 2.06. The van der Waals surface area contributed by atoms with Gasteiger partial charge in [0, 0.05) is 13.1 Å². The lowest BCUT2D eigenvalue weighted by Gasteiger charge is -2.36. The molecule has 2 N–H and O–H groups in total. The van der Waals surface area contributed by atoms with E-state index in [1.807, 2.05) is 0 Å². The Labute approximate surface area is 88.6 Å². The van der Waals surface area contributed by atoms with Gasteiger partial charge in [-0.3, -0.25) is 4.90 Å². The van der Waals surface area contributed by atoms with E-state index in [2.05, 4.69) is 0 Å². The third kappa shape index (κ3) is 3.34. The maximum atomic E-state index is 12.6. The van der Waals surface area contributed by atoms with Crippen LogP contribution in [0.1, 0.15) is 26.2 Å². The maximum Gasteiger partial charge on any atom is 0.405 e. The van der Waals surface area contributed by atoms with Gasteiger partial charge < -0.3 is 5.73 Å². The van der Waals surface area contributed by atoms with E-state index in [9.17, 15) is 13.2 Å². The number of halogens is 3. The lowest BCUT2D eigenvalue weighted by Crippen LogP contribution is -2.52. The molecular weight excluding hydrogens is 205 g/mol. The first-order valence-electron chi connectivity index (χ1n) is 5.49. The fourth-order valence-corrected chi connectivity index (χ4v) is 1.97. The van der Waals surface area contributed by atoms with Crippen LogP contribution in [0.4, 0.5) is 13.2 Å². The normalized spacial score (nSPS) is 20.4. The van der Waals surface area contributed by atoms with Gasteiger partial charge in [-0.05, 0) is 25.3 Å². The van der Waals surface area contributed by atoms with E-state index in [-0.39, 0.29) is 6.54 Å². The minimum absolute atomic E-state index is 0.343. The average molecular weight is 224 g/mol. The van der Waals surface area contributed by atoms with E-state index >= 15 is 0 Å². The first-order valence-corrected chi connectivity index (χ1v) is 5.49. The number of hydrogen-bond donors (Lipinski definition) is 1. The second-order valence-corrected chi connectivity index (χ2v) is 4.18. The van der Waals surface area contributed by atoms with Crippen LogP contribution in [0.5, 0.6) is 0 Å². The minimum Gasteiger partial charge on any atom is -0.329 e. The van der Waals surface area contributed by atoms with E-state index in [1.165, 1.54) is 4.90 Å². The molecule has 1 unspecified atom stereocenters. The molecule has 0 aromatic carbocycles. The monoisotopic (exact) mass is 224 g/mol. The van der Waals surface area contributed by atoms with Gasteiger partial charge in [0.1, 0.15) is 6.04 Å². The van der Waals surface area contributed by atoms with Gasteiger partial charge in [0.25, 0.3) is 0 Å². The molecule has 0 aliphatic heterocycles. The Bertz CT molecular complexity index is 190. The van der Waals surface area contributed by atoms with Crippen molar-refractivity contribution in [3.8, 4) is 0 Å². The Kier molecular flexibility index (Phi) is 4.40. The number of nitrogens with two attached hydrogens (primary N) is 1. The lowest BCUT2D eigenvalue weighted by molar-refractivity contribution is -0.182. The quantitative estimate of drug-likeness (QED) is 0.774. The smallest absolute Gasteiger partial charge is 0.329 e. The summed E-state index contributed by atoms with van der Waals surface area (Å²) in [5, 5.41) is 0. The third-order valence-electron chi connectivity index (χ3n) is 3.17. The Morgan fingerprint density at radius 2 is 2.00 bits per heavy atom. The number of likely N-dealkylation sites (N-methyl/N-ethyl adjacent to an activating group) is 1. The van der Waals surface area contributed by atoms with Crippen molar-refractivity contribution in [2.75, 3.05) is 19.6 Å². The van der Waals surface area contributed by atoms with Gasteiger partial charge in [0.2, 0.25) is 0 Å². The molecule has 0 aromatic heterocycles. The van der Waals surface area contributed by atoms with Gasteiger partial charge in [-0.2, -0.15) is 13.2 Å². The summed E-state index contributed by atoms with van der Waals surface area (Å²) >= 11 is 0. The van der Waals surface area contributed by atoms with Gasteiger partial charge in [-0.25, -0.2) is 0 Å². The Hall–Kier alpha value is -0.290. The summed E-state index contributed by atoms with van der Waals surface area (Å²) < 4.78 is 37.8. The number of alkyl halides is 3. The van der Waals surface area contributed by atoms with Crippen molar-refractivity contribution in [3.05, 3.63) is 0 Å². The highest BCUT2D eigenvalue weighted by atomic mass is 19.4. The highest BCUT2D eigenvalue weighted by Crippen LogP contribution is 2.30. The van der Waals surface area contributed by atoms with Crippen molar-refractivity contribution in [2.45, 2.75) is 38.4 Å². The lowest BCUT2D eigenvalue weighted by atomic mass is 9.85. The van der Waals surface area contributed by atoms with Crippen molar-refractivity contribution in [3.63, 3.8) is 0 Å². The molecule has 0 saturated heterocycles. The van der Waals surface area contributed by atoms with Gasteiger partial charge in [-0.15, -0.1) is 0 Å². The summed E-state index contributed by atoms with van der Waals surface area (Å²) in [7, 11) is 0. The Morgan fingerprint density at radius 3 is 2.27 bits per heavy atom. The van der Waals surface area contributed by atoms with Crippen LogP contribution in [-0.2, 0) is 0 Å². The van der Waals surface area contributed by atoms with E-state index in [1.54, 1.807) is 6.92 Å². The predicted molar refractivity (Wildman–Crippen MR) is 53.5 cm³/mol. The van der Waals surface area contributed by atoms with E-state index < -0.39 is 12.2 Å². The largest absolute Gasteiger partial charge is 0.405 e. The fraction of sp³-hybridized carbons (Fsp3) is 1.00. The zero-order valence-electron chi connectivity index (χ0n) is 9.06.